The van der Waals surface area contributed by atoms with Gasteiger partial charge in [0.15, 0.2) is 6.04 Å². The highest BCUT2D eigenvalue weighted by molar-refractivity contribution is 5.86. The van der Waals surface area contributed by atoms with E-state index in [1.54, 1.807) is 6.92 Å². The average molecular weight is 259 g/mol. The topological polar surface area (TPSA) is 93.1 Å². The Morgan fingerprint density at radius 1 is 1.39 bits per heavy atom. The predicted molar refractivity (Wildman–Crippen MR) is 59.8 cm³/mol. The van der Waals surface area contributed by atoms with Crippen molar-refractivity contribution < 1.29 is 29.0 Å². The highest BCUT2D eigenvalue weighted by Crippen LogP contribution is 2.10. The number of esters is 1. The molecule has 0 aromatic heterocycles. The third kappa shape index (κ3) is 3.99. The Morgan fingerprint density at radius 2 is 2.11 bits per heavy atom. The van der Waals surface area contributed by atoms with Crippen LogP contribution in [0.15, 0.2) is 0 Å². The fraction of sp³-hybridized carbons (Fsp3) is 0.727. The largest absolute Gasteiger partial charge is 0.480 e. The van der Waals surface area contributed by atoms with E-state index in [1.165, 1.54) is 4.90 Å². The molecule has 1 aliphatic rings. The molecule has 1 unspecified atom stereocenters. The first-order valence-electron chi connectivity index (χ1n) is 5.82. The lowest BCUT2D eigenvalue weighted by Crippen LogP contribution is -2.52. The van der Waals surface area contributed by atoms with Gasteiger partial charge in [-0.05, 0) is 6.92 Å². The normalized spacial score (nSPS) is 19.4. The minimum absolute atomic E-state index is 0.0134. The van der Waals surface area contributed by atoms with Crippen molar-refractivity contribution in [3.63, 3.8) is 0 Å². The van der Waals surface area contributed by atoms with Gasteiger partial charge in [-0.1, -0.05) is 0 Å². The Labute approximate surface area is 105 Å². The summed E-state index contributed by atoms with van der Waals surface area (Å²) < 4.78 is 9.72. The van der Waals surface area contributed by atoms with Gasteiger partial charge in [0.05, 0.1) is 26.2 Å². The third-order valence-corrected chi connectivity index (χ3v) is 2.58. The van der Waals surface area contributed by atoms with Crippen LogP contribution in [-0.2, 0) is 23.9 Å². The number of carboxylic acid groups (broad SMARTS) is 1. The molecule has 0 saturated carbocycles. The Morgan fingerprint density at radius 3 is 2.72 bits per heavy atom. The van der Waals surface area contributed by atoms with Crippen molar-refractivity contribution >= 4 is 17.8 Å². The number of carboxylic acids is 1. The molecule has 0 bridgehead atoms. The van der Waals surface area contributed by atoms with Crippen LogP contribution in [0.25, 0.3) is 0 Å². The molecule has 0 spiro atoms. The van der Waals surface area contributed by atoms with Crippen LogP contribution in [0.2, 0.25) is 0 Å². The third-order valence-electron chi connectivity index (χ3n) is 2.58. The van der Waals surface area contributed by atoms with Crippen molar-refractivity contribution in [1.82, 2.24) is 4.90 Å². The molecule has 102 valence electrons. The van der Waals surface area contributed by atoms with Crippen molar-refractivity contribution in [2.45, 2.75) is 25.8 Å². The number of amides is 1. The summed E-state index contributed by atoms with van der Waals surface area (Å²) in [6, 6.07) is -0.964. The number of rotatable bonds is 5. The number of ether oxygens (including phenoxy) is 2. The van der Waals surface area contributed by atoms with Crippen molar-refractivity contribution in [2.24, 2.45) is 0 Å². The second kappa shape index (κ2) is 6.95. The van der Waals surface area contributed by atoms with Gasteiger partial charge in [-0.2, -0.15) is 0 Å². The number of aliphatic carboxylic acids is 1. The number of hydrogen-bond acceptors (Lipinski definition) is 5. The standard InChI is InChI=1S/C11H17NO6/c1-2-18-10(14)4-3-9(13)12-5-6-17-7-8(12)11(15)16/h8H,2-7H2,1H3,(H,15,16). The number of morpholine rings is 1. The first-order chi connectivity index (χ1) is 8.56. The molecule has 1 heterocycles. The Balaban J connectivity index is 2.48. The molecule has 1 rings (SSSR count). The molecule has 0 aromatic rings. The monoisotopic (exact) mass is 259 g/mol. The lowest BCUT2D eigenvalue weighted by atomic mass is 10.2. The molecule has 1 atom stereocenters. The smallest absolute Gasteiger partial charge is 0.328 e. The van der Waals surface area contributed by atoms with E-state index in [9.17, 15) is 14.4 Å². The van der Waals surface area contributed by atoms with Gasteiger partial charge in [-0.3, -0.25) is 9.59 Å². The first kappa shape index (κ1) is 14.4. The van der Waals surface area contributed by atoms with Crippen LogP contribution in [0.3, 0.4) is 0 Å². The van der Waals surface area contributed by atoms with Crippen LogP contribution in [0.5, 0.6) is 0 Å². The van der Waals surface area contributed by atoms with Gasteiger partial charge in [0.25, 0.3) is 0 Å². The lowest BCUT2D eigenvalue weighted by Gasteiger charge is -2.32. The second-order valence-electron chi connectivity index (χ2n) is 3.82. The first-order valence-corrected chi connectivity index (χ1v) is 5.82. The van der Waals surface area contributed by atoms with Crippen molar-refractivity contribution in [2.75, 3.05) is 26.4 Å². The highest BCUT2D eigenvalue weighted by atomic mass is 16.5. The summed E-state index contributed by atoms with van der Waals surface area (Å²) >= 11 is 0. The van der Waals surface area contributed by atoms with Gasteiger partial charge >= 0.3 is 11.9 Å². The molecule has 18 heavy (non-hydrogen) atoms. The van der Waals surface area contributed by atoms with Crippen LogP contribution in [0.4, 0.5) is 0 Å². The van der Waals surface area contributed by atoms with Crippen LogP contribution in [0, 0.1) is 0 Å². The van der Waals surface area contributed by atoms with E-state index >= 15 is 0 Å². The quantitative estimate of drug-likeness (QED) is 0.678. The Kier molecular flexibility index (Phi) is 5.57. The molecule has 1 fully saturated rings. The molecule has 7 nitrogen and oxygen atoms in total. The van der Waals surface area contributed by atoms with Crippen LogP contribution in [-0.4, -0.2) is 60.3 Å². The van der Waals surface area contributed by atoms with Gasteiger partial charge < -0.3 is 19.5 Å². The van der Waals surface area contributed by atoms with Crippen LogP contribution < -0.4 is 0 Å². The summed E-state index contributed by atoms with van der Waals surface area (Å²) in [5, 5.41) is 8.95. The van der Waals surface area contributed by atoms with E-state index < -0.39 is 18.0 Å². The van der Waals surface area contributed by atoms with E-state index in [0.29, 0.717) is 6.61 Å². The van der Waals surface area contributed by atoms with Gasteiger partial charge in [0.2, 0.25) is 5.91 Å². The molecular formula is C11H17NO6. The zero-order chi connectivity index (χ0) is 13.5. The maximum atomic E-state index is 11.8. The number of carbonyl (C=O) groups excluding carboxylic acids is 2. The van der Waals surface area contributed by atoms with Crippen LogP contribution >= 0.6 is 0 Å². The summed E-state index contributed by atoms with van der Waals surface area (Å²) in [5.41, 5.74) is 0. The number of carbonyl (C=O) groups is 3. The van der Waals surface area contributed by atoms with Gasteiger partial charge in [-0.15, -0.1) is 0 Å². The molecule has 1 aliphatic heterocycles. The molecule has 0 radical (unpaired) electrons. The maximum Gasteiger partial charge on any atom is 0.328 e. The fourth-order valence-electron chi connectivity index (χ4n) is 1.69. The van der Waals surface area contributed by atoms with E-state index in [4.69, 9.17) is 14.6 Å². The number of nitrogens with zero attached hydrogens (tertiary/aromatic N) is 1. The lowest BCUT2D eigenvalue weighted by molar-refractivity contribution is -0.159. The average Bonchev–Trinajstić information content (AvgIpc) is 2.36. The van der Waals surface area contributed by atoms with Gasteiger partial charge in [0.1, 0.15) is 0 Å². The molecule has 1 N–H and O–H groups in total. The maximum absolute atomic E-state index is 11.8. The van der Waals surface area contributed by atoms with Crippen molar-refractivity contribution in [3.8, 4) is 0 Å². The van der Waals surface area contributed by atoms with E-state index in [1.807, 2.05) is 0 Å². The minimum Gasteiger partial charge on any atom is -0.480 e. The molecule has 1 amide bonds. The van der Waals surface area contributed by atoms with Crippen molar-refractivity contribution in [3.05, 3.63) is 0 Å². The molecule has 0 aliphatic carbocycles. The summed E-state index contributed by atoms with van der Waals surface area (Å²) in [5.74, 6) is -1.91. The SMILES string of the molecule is CCOC(=O)CCC(=O)N1CCOCC1C(=O)O. The van der Waals surface area contributed by atoms with Gasteiger partial charge in [0, 0.05) is 13.0 Å². The van der Waals surface area contributed by atoms with Gasteiger partial charge in [-0.25, -0.2) is 4.79 Å². The highest BCUT2D eigenvalue weighted by Gasteiger charge is 2.32. The summed E-state index contributed by atoms with van der Waals surface area (Å²) in [6.07, 6.45) is -0.0705. The summed E-state index contributed by atoms with van der Waals surface area (Å²) in [6.45, 7) is 2.48. The molecular weight excluding hydrogens is 242 g/mol. The Bertz CT molecular complexity index is 329. The zero-order valence-electron chi connectivity index (χ0n) is 10.3. The number of hydrogen-bond donors (Lipinski definition) is 1. The predicted octanol–water partition coefficient (Wildman–Crippen LogP) is -0.358. The Hall–Kier alpha value is -1.63. The molecule has 0 aromatic carbocycles. The molecule has 7 heteroatoms. The van der Waals surface area contributed by atoms with E-state index in [2.05, 4.69) is 0 Å². The molecule has 1 saturated heterocycles. The summed E-state index contributed by atoms with van der Waals surface area (Å²) in [4.78, 5) is 35.1. The van der Waals surface area contributed by atoms with E-state index in [-0.39, 0.29) is 38.5 Å². The minimum atomic E-state index is -1.10. The van der Waals surface area contributed by atoms with E-state index in [0.717, 1.165) is 0 Å². The fourth-order valence-corrected chi connectivity index (χ4v) is 1.69. The van der Waals surface area contributed by atoms with Crippen molar-refractivity contribution in [1.29, 1.82) is 0 Å². The zero-order valence-corrected chi connectivity index (χ0v) is 10.3. The summed E-state index contributed by atoms with van der Waals surface area (Å²) in [7, 11) is 0. The second-order valence-corrected chi connectivity index (χ2v) is 3.82. The van der Waals surface area contributed by atoms with Crippen LogP contribution in [0.1, 0.15) is 19.8 Å².